The minimum atomic E-state index is -0.208. The Labute approximate surface area is 84.6 Å². The SMILES string of the molecule is C=C/C=C(OC)\C(=C/C=C)C(=O)C=C. The number of rotatable bonds is 6. The molecule has 0 aromatic rings. The zero-order valence-electron chi connectivity index (χ0n) is 8.32. The number of hydrogen-bond donors (Lipinski definition) is 0. The van der Waals surface area contributed by atoms with Crippen molar-refractivity contribution in [1.82, 2.24) is 0 Å². The predicted molar refractivity (Wildman–Crippen MR) is 58.8 cm³/mol. The normalized spacial score (nSPS) is 11.8. The van der Waals surface area contributed by atoms with E-state index >= 15 is 0 Å². The molecule has 0 saturated heterocycles. The predicted octanol–water partition coefficient (Wildman–Crippen LogP) is 2.57. The Morgan fingerprint density at radius 3 is 2.07 bits per heavy atom. The highest BCUT2D eigenvalue weighted by atomic mass is 16.5. The summed E-state index contributed by atoms with van der Waals surface area (Å²) in [7, 11) is 1.49. The molecule has 14 heavy (non-hydrogen) atoms. The number of methoxy groups -OCH3 is 1. The first-order chi connectivity index (χ1) is 6.71. The van der Waals surface area contributed by atoms with Crippen molar-refractivity contribution < 1.29 is 9.53 Å². The van der Waals surface area contributed by atoms with E-state index in [1.165, 1.54) is 19.3 Å². The van der Waals surface area contributed by atoms with Gasteiger partial charge in [-0.15, -0.1) is 0 Å². The van der Waals surface area contributed by atoms with E-state index in [4.69, 9.17) is 4.74 Å². The number of ketones is 1. The van der Waals surface area contributed by atoms with Crippen molar-refractivity contribution in [3.63, 3.8) is 0 Å². The molecular weight excluding hydrogens is 176 g/mol. The Kier molecular flexibility index (Phi) is 5.79. The van der Waals surface area contributed by atoms with Crippen LogP contribution in [-0.4, -0.2) is 12.9 Å². The molecule has 0 spiro atoms. The van der Waals surface area contributed by atoms with Gasteiger partial charge in [0.1, 0.15) is 5.76 Å². The van der Waals surface area contributed by atoms with Crippen LogP contribution in [0.4, 0.5) is 0 Å². The molecule has 0 saturated carbocycles. The van der Waals surface area contributed by atoms with Crippen molar-refractivity contribution >= 4 is 5.78 Å². The van der Waals surface area contributed by atoms with Crippen molar-refractivity contribution in [2.45, 2.75) is 0 Å². The van der Waals surface area contributed by atoms with Gasteiger partial charge < -0.3 is 4.74 Å². The maximum absolute atomic E-state index is 11.4. The van der Waals surface area contributed by atoms with Crippen LogP contribution in [0.1, 0.15) is 0 Å². The van der Waals surface area contributed by atoms with Crippen LogP contribution in [0.2, 0.25) is 0 Å². The highest BCUT2D eigenvalue weighted by Crippen LogP contribution is 2.12. The molecule has 74 valence electrons. The van der Waals surface area contributed by atoms with Gasteiger partial charge in [0.15, 0.2) is 5.78 Å². The van der Waals surface area contributed by atoms with Crippen molar-refractivity contribution in [1.29, 1.82) is 0 Å². The average Bonchev–Trinajstić information content (AvgIpc) is 2.22. The molecule has 2 heteroatoms. The van der Waals surface area contributed by atoms with Crippen molar-refractivity contribution in [2.75, 3.05) is 7.11 Å². The molecule has 0 aliphatic carbocycles. The minimum Gasteiger partial charge on any atom is -0.496 e. The third-order valence-corrected chi connectivity index (χ3v) is 1.49. The fourth-order valence-corrected chi connectivity index (χ4v) is 0.888. The molecule has 0 aromatic heterocycles. The monoisotopic (exact) mass is 190 g/mol. The van der Waals surface area contributed by atoms with Gasteiger partial charge in [0.25, 0.3) is 0 Å². The molecule has 0 aliphatic rings. The zero-order valence-corrected chi connectivity index (χ0v) is 8.32. The second-order valence-corrected chi connectivity index (χ2v) is 2.36. The van der Waals surface area contributed by atoms with E-state index in [1.54, 1.807) is 18.2 Å². The quantitative estimate of drug-likeness (QED) is 0.365. The summed E-state index contributed by atoms with van der Waals surface area (Å²) >= 11 is 0. The van der Waals surface area contributed by atoms with Crippen LogP contribution in [-0.2, 0) is 9.53 Å². The largest absolute Gasteiger partial charge is 0.496 e. The third kappa shape index (κ3) is 3.27. The Morgan fingerprint density at radius 1 is 1.14 bits per heavy atom. The summed E-state index contributed by atoms with van der Waals surface area (Å²) in [6.45, 7) is 10.5. The van der Waals surface area contributed by atoms with Gasteiger partial charge in [0, 0.05) is 0 Å². The molecule has 0 heterocycles. The molecule has 0 unspecified atom stereocenters. The van der Waals surface area contributed by atoms with Crippen LogP contribution in [0.25, 0.3) is 0 Å². The lowest BCUT2D eigenvalue weighted by molar-refractivity contribution is -0.111. The van der Waals surface area contributed by atoms with E-state index in [9.17, 15) is 4.79 Å². The fourth-order valence-electron chi connectivity index (χ4n) is 0.888. The fraction of sp³-hybridized carbons (Fsp3) is 0.0833. The molecule has 0 aliphatic heterocycles. The number of carbonyl (C=O) groups excluding carboxylic acids is 1. The first kappa shape index (κ1) is 12.2. The number of hydrogen-bond acceptors (Lipinski definition) is 2. The topological polar surface area (TPSA) is 26.3 Å². The summed E-state index contributed by atoms with van der Waals surface area (Å²) in [4.78, 5) is 11.4. The molecule has 0 rings (SSSR count). The smallest absolute Gasteiger partial charge is 0.188 e. The highest BCUT2D eigenvalue weighted by Gasteiger charge is 2.10. The number of ether oxygens (including phenoxy) is 1. The van der Waals surface area contributed by atoms with Crippen molar-refractivity contribution in [3.05, 3.63) is 61.4 Å². The summed E-state index contributed by atoms with van der Waals surface area (Å²) in [5, 5.41) is 0. The highest BCUT2D eigenvalue weighted by molar-refractivity contribution is 6.06. The van der Waals surface area contributed by atoms with Gasteiger partial charge in [-0.1, -0.05) is 31.9 Å². The summed E-state index contributed by atoms with van der Waals surface area (Å²) in [5.41, 5.74) is 0.414. The van der Waals surface area contributed by atoms with E-state index in [1.807, 2.05) is 0 Å². The molecule has 2 nitrogen and oxygen atoms in total. The second kappa shape index (κ2) is 6.66. The molecule has 0 N–H and O–H groups in total. The Hall–Kier alpha value is -1.83. The van der Waals surface area contributed by atoms with Crippen LogP contribution in [0.15, 0.2) is 61.4 Å². The van der Waals surface area contributed by atoms with Gasteiger partial charge in [0.05, 0.1) is 12.7 Å². The van der Waals surface area contributed by atoms with Crippen LogP contribution >= 0.6 is 0 Å². The zero-order chi connectivity index (χ0) is 11.0. The van der Waals surface area contributed by atoms with Crippen molar-refractivity contribution in [2.24, 2.45) is 0 Å². The van der Waals surface area contributed by atoms with E-state index < -0.39 is 0 Å². The van der Waals surface area contributed by atoms with Gasteiger partial charge >= 0.3 is 0 Å². The maximum atomic E-state index is 11.4. The van der Waals surface area contributed by atoms with E-state index in [2.05, 4.69) is 19.7 Å². The molecule has 0 bridgehead atoms. The lowest BCUT2D eigenvalue weighted by atomic mass is 10.1. The van der Waals surface area contributed by atoms with Gasteiger partial charge in [-0.05, 0) is 18.2 Å². The molecular formula is C12H14O2. The van der Waals surface area contributed by atoms with Crippen molar-refractivity contribution in [3.8, 4) is 0 Å². The molecule has 0 fully saturated rings. The molecule has 0 aromatic carbocycles. The molecule has 0 amide bonds. The van der Waals surface area contributed by atoms with Crippen LogP contribution < -0.4 is 0 Å². The second-order valence-electron chi connectivity index (χ2n) is 2.36. The maximum Gasteiger partial charge on any atom is 0.188 e. The minimum absolute atomic E-state index is 0.208. The Balaban J connectivity index is 5.18. The molecule has 0 radical (unpaired) electrons. The number of allylic oxidation sites excluding steroid dienone is 6. The average molecular weight is 190 g/mol. The van der Waals surface area contributed by atoms with Crippen LogP contribution in [0, 0.1) is 0 Å². The summed E-state index contributed by atoms with van der Waals surface area (Å²) in [6.07, 6.45) is 7.48. The van der Waals surface area contributed by atoms with Gasteiger partial charge in [-0.2, -0.15) is 0 Å². The lowest BCUT2D eigenvalue weighted by Crippen LogP contribution is -2.03. The first-order valence-corrected chi connectivity index (χ1v) is 4.07. The van der Waals surface area contributed by atoms with Crippen LogP contribution in [0.3, 0.4) is 0 Å². The number of carbonyl (C=O) groups is 1. The first-order valence-electron chi connectivity index (χ1n) is 4.07. The van der Waals surface area contributed by atoms with Gasteiger partial charge in [-0.3, -0.25) is 4.79 Å². The Bertz CT molecular complexity index is 306. The van der Waals surface area contributed by atoms with Gasteiger partial charge in [0.2, 0.25) is 0 Å². The van der Waals surface area contributed by atoms with E-state index in [0.717, 1.165) is 0 Å². The summed E-state index contributed by atoms with van der Waals surface area (Å²) < 4.78 is 5.03. The van der Waals surface area contributed by atoms with Gasteiger partial charge in [-0.25, -0.2) is 0 Å². The molecule has 0 atom stereocenters. The third-order valence-electron chi connectivity index (χ3n) is 1.49. The van der Waals surface area contributed by atoms with E-state index in [-0.39, 0.29) is 5.78 Å². The standard InChI is InChI=1S/C12H14O2/c1-5-8-10(11(13)7-3)12(14-4)9-6-2/h5-9H,1-3H2,4H3/b10-8-,12-9+. The summed E-state index contributed by atoms with van der Waals surface area (Å²) in [6, 6.07) is 0. The lowest BCUT2D eigenvalue weighted by Gasteiger charge is -2.06. The summed E-state index contributed by atoms with van der Waals surface area (Å²) in [5.74, 6) is 0.240. The van der Waals surface area contributed by atoms with E-state index in [0.29, 0.717) is 11.3 Å². The Morgan fingerprint density at radius 2 is 1.71 bits per heavy atom. The van der Waals surface area contributed by atoms with Crippen LogP contribution in [0.5, 0.6) is 0 Å².